The summed E-state index contributed by atoms with van der Waals surface area (Å²) in [5.41, 5.74) is -1.96. The molecule has 0 fully saturated rings. The molecule has 0 aromatic carbocycles. The first-order chi connectivity index (χ1) is 6.34. The average molecular weight is 271 g/mol. The molecule has 4 nitrogen and oxygen atoms in total. The van der Waals surface area contributed by atoms with Crippen molar-refractivity contribution in [3.8, 4) is 0 Å². The number of aromatic nitrogens is 1. The summed E-state index contributed by atoms with van der Waals surface area (Å²) in [4.78, 5) is 12.4. The molecule has 0 atom stereocenters. The summed E-state index contributed by atoms with van der Waals surface area (Å²) in [6.45, 7) is 0. The Bertz CT molecular complexity index is 380. The predicted octanol–water partition coefficient (Wildman–Crippen LogP) is 2.77. The Morgan fingerprint density at radius 3 is 2.50 bits per heavy atom. The summed E-state index contributed by atoms with van der Waals surface area (Å²) in [5.74, 6) is 0. The van der Waals surface area contributed by atoms with Gasteiger partial charge in [-0.1, -0.05) is 0 Å². The normalized spacial score (nSPS) is 11.4. The lowest BCUT2D eigenvalue weighted by atomic mass is 10.3. The van der Waals surface area contributed by atoms with Crippen LogP contribution in [0.4, 0.5) is 18.9 Å². The zero-order valence-electron chi connectivity index (χ0n) is 6.38. The summed E-state index contributed by atoms with van der Waals surface area (Å²) >= 11 is 2.49. The molecule has 0 spiro atoms. The van der Waals surface area contributed by atoms with Gasteiger partial charge >= 0.3 is 6.18 Å². The molecule has 1 aromatic heterocycles. The molecule has 0 radical (unpaired) electrons. The summed E-state index contributed by atoms with van der Waals surface area (Å²) in [6, 6.07) is 0.888. The second kappa shape index (κ2) is 3.52. The van der Waals surface area contributed by atoms with E-state index in [1.54, 1.807) is 0 Å². The summed E-state index contributed by atoms with van der Waals surface area (Å²) in [6.07, 6.45) is -3.96. The molecule has 1 heterocycles. The van der Waals surface area contributed by atoms with Crippen LogP contribution in [0.2, 0.25) is 0 Å². The van der Waals surface area contributed by atoms with Crippen LogP contribution in [0.15, 0.2) is 16.7 Å². The van der Waals surface area contributed by atoms with Gasteiger partial charge in [-0.2, -0.15) is 13.2 Å². The largest absolute Gasteiger partial charge is 0.434 e. The minimum Gasteiger partial charge on any atom is -0.258 e. The van der Waals surface area contributed by atoms with E-state index in [4.69, 9.17) is 0 Å². The molecule has 14 heavy (non-hydrogen) atoms. The highest BCUT2D eigenvalue weighted by Gasteiger charge is 2.37. The van der Waals surface area contributed by atoms with Crippen molar-refractivity contribution in [2.75, 3.05) is 0 Å². The highest BCUT2D eigenvalue weighted by Crippen LogP contribution is 2.37. The van der Waals surface area contributed by atoms with E-state index in [9.17, 15) is 23.3 Å². The maximum atomic E-state index is 12.2. The molecule has 0 bridgehead atoms. The van der Waals surface area contributed by atoms with Crippen LogP contribution in [0.5, 0.6) is 0 Å². The Kier molecular flexibility index (Phi) is 2.74. The third-order valence-electron chi connectivity index (χ3n) is 1.33. The molecule has 8 heteroatoms. The number of hydrogen-bond acceptors (Lipinski definition) is 3. The zero-order chi connectivity index (χ0) is 10.9. The summed E-state index contributed by atoms with van der Waals surface area (Å²) < 4.78 is 35.9. The van der Waals surface area contributed by atoms with E-state index < -0.39 is 27.0 Å². The van der Waals surface area contributed by atoms with E-state index in [1.807, 2.05) is 0 Å². The Labute approximate surface area is 84.0 Å². The molecule has 1 rings (SSSR count). The summed E-state index contributed by atoms with van der Waals surface area (Å²) in [5, 5.41) is 10.3. The number of halogens is 4. The van der Waals surface area contributed by atoms with Gasteiger partial charge in [-0.05, 0) is 15.9 Å². The molecule has 76 valence electrons. The van der Waals surface area contributed by atoms with E-state index in [0.717, 1.165) is 12.3 Å². The number of nitrogens with zero attached hydrogens (tertiary/aromatic N) is 2. The monoisotopic (exact) mass is 270 g/mol. The fourth-order valence-corrected chi connectivity index (χ4v) is 1.38. The van der Waals surface area contributed by atoms with Gasteiger partial charge in [-0.25, -0.2) is 0 Å². The Hall–Kier alpha value is -1.18. The third kappa shape index (κ3) is 2.00. The topological polar surface area (TPSA) is 56.0 Å². The molecule has 0 aliphatic carbocycles. The van der Waals surface area contributed by atoms with Crippen molar-refractivity contribution >= 4 is 21.6 Å². The van der Waals surface area contributed by atoms with E-state index in [1.165, 1.54) is 0 Å². The summed E-state index contributed by atoms with van der Waals surface area (Å²) in [7, 11) is 0. The van der Waals surface area contributed by atoms with E-state index in [-0.39, 0.29) is 0 Å². The molecule has 0 unspecified atom stereocenters. The quantitative estimate of drug-likeness (QED) is 0.582. The van der Waals surface area contributed by atoms with Gasteiger partial charge in [-0.15, -0.1) is 0 Å². The smallest absolute Gasteiger partial charge is 0.258 e. The van der Waals surface area contributed by atoms with Crippen molar-refractivity contribution in [1.29, 1.82) is 0 Å². The first-order valence-corrected chi connectivity index (χ1v) is 3.99. The van der Waals surface area contributed by atoms with Crippen molar-refractivity contribution in [2.45, 2.75) is 6.18 Å². The fourth-order valence-electron chi connectivity index (χ4n) is 0.772. The highest BCUT2D eigenvalue weighted by atomic mass is 79.9. The van der Waals surface area contributed by atoms with Crippen LogP contribution in [0.25, 0.3) is 0 Å². The van der Waals surface area contributed by atoms with Crippen molar-refractivity contribution in [1.82, 2.24) is 4.98 Å². The van der Waals surface area contributed by atoms with Crippen LogP contribution in [0.1, 0.15) is 5.69 Å². The van der Waals surface area contributed by atoms with Crippen molar-refractivity contribution in [2.24, 2.45) is 0 Å². The molecule has 0 N–H and O–H groups in total. The molecular formula is C6H2BrF3N2O2. The van der Waals surface area contributed by atoms with Crippen LogP contribution < -0.4 is 0 Å². The lowest BCUT2D eigenvalue weighted by molar-refractivity contribution is -0.386. The fraction of sp³-hybridized carbons (Fsp3) is 0.167. The van der Waals surface area contributed by atoms with Crippen LogP contribution in [0.3, 0.4) is 0 Å². The minimum atomic E-state index is -4.70. The standard InChI is InChI=1S/C6H2BrF3N2O2/c7-4-3(12(13)14)1-2-11-5(4)6(8,9)10/h1-2H. The number of nitro groups is 1. The average Bonchev–Trinajstić information content (AvgIpc) is 2.01. The second-order valence-corrected chi connectivity index (χ2v) is 3.04. The SMILES string of the molecule is O=[N+]([O-])c1ccnc(C(F)(F)F)c1Br. The van der Waals surface area contributed by atoms with Crippen LogP contribution in [-0.4, -0.2) is 9.91 Å². The third-order valence-corrected chi connectivity index (χ3v) is 2.12. The number of pyridine rings is 1. The number of rotatable bonds is 1. The van der Waals surface area contributed by atoms with Crippen molar-refractivity contribution < 1.29 is 18.1 Å². The molecule has 0 aliphatic heterocycles. The van der Waals surface area contributed by atoms with Gasteiger partial charge in [0.2, 0.25) is 0 Å². The highest BCUT2D eigenvalue weighted by molar-refractivity contribution is 9.10. The first kappa shape index (κ1) is 10.9. The minimum absolute atomic E-state index is 0.655. The van der Waals surface area contributed by atoms with E-state index in [2.05, 4.69) is 20.9 Å². The van der Waals surface area contributed by atoms with Crippen molar-refractivity contribution in [3.63, 3.8) is 0 Å². The number of alkyl halides is 3. The van der Waals surface area contributed by atoms with Gasteiger partial charge in [0.15, 0.2) is 5.69 Å². The second-order valence-electron chi connectivity index (χ2n) is 2.25. The van der Waals surface area contributed by atoms with Gasteiger partial charge in [0.05, 0.1) is 4.92 Å². The predicted molar refractivity (Wildman–Crippen MR) is 43.6 cm³/mol. The molecule has 0 aliphatic rings. The maximum Gasteiger partial charge on any atom is 0.434 e. The zero-order valence-corrected chi connectivity index (χ0v) is 7.96. The van der Waals surface area contributed by atoms with E-state index in [0.29, 0.717) is 0 Å². The molecule has 0 saturated carbocycles. The van der Waals surface area contributed by atoms with Crippen molar-refractivity contribution in [3.05, 3.63) is 32.5 Å². The van der Waals surface area contributed by atoms with Gasteiger partial charge in [0.1, 0.15) is 4.47 Å². The van der Waals surface area contributed by atoms with Gasteiger partial charge in [-0.3, -0.25) is 15.1 Å². The Morgan fingerprint density at radius 2 is 2.07 bits per heavy atom. The Morgan fingerprint density at radius 1 is 1.50 bits per heavy atom. The molecule has 0 amide bonds. The lowest BCUT2D eigenvalue weighted by Gasteiger charge is -2.06. The van der Waals surface area contributed by atoms with Gasteiger partial charge in [0.25, 0.3) is 5.69 Å². The van der Waals surface area contributed by atoms with Gasteiger partial charge in [0, 0.05) is 12.3 Å². The lowest BCUT2D eigenvalue weighted by Crippen LogP contribution is -2.09. The maximum absolute atomic E-state index is 12.2. The van der Waals surface area contributed by atoms with Crippen LogP contribution in [0, 0.1) is 10.1 Å². The Balaban J connectivity index is 3.35. The number of hydrogen-bond donors (Lipinski definition) is 0. The van der Waals surface area contributed by atoms with Gasteiger partial charge < -0.3 is 0 Å². The van der Waals surface area contributed by atoms with Crippen LogP contribution >= 0.6 is 15.9 Å². The van der Waals surface area contributed by atoms with E-state index >= 15 is 0 Å². The molecule has 0 saturated heterocycles. The molecular weight excluding hydrogens is 269 g/mol. The first-order valence-electron chi connectivity index (χ1n) is 3.20. The van der Waals surface area contributed by atoms with Crippen LogP contribution in [-0.2, 0) is 6.18 Å². The molecule has 1 aromatic rings.